The predicted molar refractivity (Wildman–Crippen MR) is 103 cm³/mol. The molecule has 2 aromatic carbocycles. The first-order chi connectivity index (χ1) is 11.8. The van der Waals surface area contributed by atoms with E-state index in [2.05, 4.69) is 4.98 Å². The second-order valence-corrected chi connectivity index (χ2v) is 7.56. The zero-order valence-corrected chi connectivity index (χ0v) is 16.2. The Labute approximate surface area is 160 Å². The summed E-state index contributed by atoms with van der Waals surface area (Å²) < 4.78 is 5.45. The van der Waals surface area contributed by atoms with Crippen molar-refractivity contribution in [2.75, 3.05) is 0 Å². The molecule has 128 valence electrons. The summed E-state index contributed by atoms with van der Waals surface area (Å²) in [4.78, 5) is 17.9. The standard InChI is InChI=1S/C19H15Cl2NO2S/c1-10-11(2)22-17-9-16(21)18(8-15(17)19(10)24-12(3)23)25-14-6-4-13(20)5-7-14/h4-9H,1-3H3. The average Bonchev–Trinajstić information content (AvgIpc) is 2.55. The van der Waals surface area contributed by atoms with Gasteiger partial charge in [0, 0.05) is 38.4 Å². The molecule has 0 aliphatic heterocycles. The van der Waals surface area contributed by atoms with Gasteiger partial charge in [0.2, 0.25) is 0 Å². The number of aromatic nitrogens is 1. The number of hydrogen-bond acceptors (Lipinski definition) is 4. The maximum atomic E-state index is 11.5. The van der Waals surface area contributed by atoms with E-state index in [1.54, 1.807) is 6.07 Å². The van der Waals surface area contributed by atoms with Crippen molar-refractivity contribution < 1.29 is 9.53 Å². The third-order valence-corrected chi connectivity index (χ3v) is 5.50. The summed E-state index contributed by atoms with van der Waals surface area (Å²) >= 11 is 13.9. The van der Waals surface area contributed by atoms with Crippen LogP contribution in [0.3, 0.4) is 0 Å². The zero-order chi connectivity index (χ0) is 18.1. The van der Waals surface area contributed by atoms with Gasteiger partial charge in [0.05, 0.1) is 10.5 Å². The number of rotatable bonds is 3. The number of carbonyl (C=O) groups is 1. The maximum Gasteiger partial charge on any atom is 0.308 e. The van der Waals surface area contributed by atoms with E-state index in [1.165, 1.54) is 18.7 Å². The molecule has 0 atom stereocenters. The molecule has 0 N–H and O–H groups in total. The first-order valence-corrected chi connectivity index (χ1v) is 9.14. The minimum Gasteiger partial charge on any atom is -0.426 e. The molecular weight excluding hydrogens is 377 g/mol. The molecule has 0 bridgehead atoms. The zero-order valence-electron chi connectivity index (χ0n) is 13.9. The number of aryl methyl sites for hydroxylation is 1. The van der Waals surface area contributed by atoms with Gasteiger partial charge >= 0.3 is 5.97 Å². The van der Waals surface area contributed by atoms with Crippen molar-refractivity contribution in [3.8, 4) is 5.75 Å². The maximum absolute atomic E-state index is 11.5. The summed E-state index contributed by atoms with van der Waals surface area (Å²) in [6.45, 7) is 5.16. The first kappa shape index (κ1) is 18.1. The van der Waals surface area contributed by atoms with Crippen molar-refractivity contribution in [1.29, 1.82) is 0 Å². The molecule has 0 fully saturated rings. The monoisotopic (exact) mass is 391 g/mol. The number of pyridine rings is 1. The van der Waals surface area contributed by atoms with Gasteiger partial charge in [-0.05, 0) is 50.2 Å². The van der Waals surface area contributed by atoms with E-state index in [0.717, 1.165) is 26.4 Å². The summed E-state index contributed by atoms with van der Waals surface area (Å²) in [7, 11) is 0. The lowest BCUT2D eigenvalue weighted by molar-refractivity contribution is -0.131. The van der Waals surface area contributed by atoms with Gasteiger partial charge in [0.25, 0.3) is 0 Å². The number of ether oxygens (including phenoxy) is 1. The van der Waals surface area contributed by atoms with E-state index in [0.29, 0.717) is 21.3 Å². The predicted octanol–water partition coefficient (Wildman–Crippen LogP) is 6.23. The van der Waals surface area contributed by atoms with E-state index in [4.69, 9.17) is 27.9 Å². The highest BCUT2D eigenvalue weighted by Gasteiger charge is 2.15. The van der Waals surface area contributed by atoms with Crippen LogP contribution < -0.4 is 4.74 Å². The molecule has 0 unspecified atom stereocenters. The lowest BCUT2D eigenvalue weighted by Gasteiger charge is -2.14. The Morgan fingerprint density at radius 1 is 1.12 bits per heavy atom. The minimum atomic E-state index is -0.364. The van der Waals surface area contributed by atoms with E-state index in [-0.39, 0.29) is 5.97 Å². The molecule has 3 aromatic rings. The highest BCUT2D eigenvalue weighted by atomic mass is 35.5. The van der Waals surface area contributed by atoms with Gasteiger partial charge in [-0.15, -0.1) is 0 Å². The van der Waals surface area contributed by atoms with Crippen molar-refractivity contribution >= 4 is 51.8 Å². The van der Waals surface area contributed by atoms with E-state index < -0.39 is 0 Å². The van der Waals surface area contributed by atoms with Crippen molar-refractivity contribution in [1.82, 2.24) is 4.98 Å². The molecule has 3 nitrogen and oxygen atoms in total. The van der Waals surface area contributed by atoms with Crippen LogP contribution in [0.1, 0.15) is 18.2 Å². The molecule has 0 aliphatic carbocycles. The normalized spacial score (nSPS) is 10.9. The van der Waals surface area contributed by atoms with Crippen LogP contribution in [0, 0.1) is 13.8 Å². The summed E-state index contributed by atoms with van der Waals surface area (Å²) in [5, 5.41) is 2.04. The molecule has 0 saturated heterocycles. The van der Waals surface area contributed by atoms with Crippen LogP contribution in [0.2, 0.25) is 10.0 Å². The second kappa shape index (κ2) is 7.24. The fraction of sp³-hybridized carbons (Fsp3) is 0.158. The second-order valence-electron chi connectivity index (χ2n) is 5.60. The minimum absolute atomic E-state index is 0.364. The topological polar surface area (TPSA) is 39.2 Å². The fourth-order valence-electron chi connectivity index (χ4n) is 2.43. The number of nitrogens with zero attached hydrogens (tertiary/aromatic N) is 1. The number of benzene rings is 2. The van der Waals surface area contributed by atoms with Gasteiger partial charge in [-0.1, -0.05) is 35.0 Å². The number of fused-ring (bicyclic) bond motifs is 1. The van der Waals surface area contributed by atoms with Gasteiger partial charge in [0.15, 0.2) is 0 Å². The van der Waals surface area contributed by atoms with Gasteiger partial charge < -0.3 is 4.74 Å². The van der Waals surface area contributed by atoms with Crippen molar-refractivity contribution in [2.45, 2.75) is 30.6 Å². The molecule has 6 heteroatoms. The summed E-state index contributed by atoms with van der Waals surface area (Å²) in [6.07, 6.45) is 0. The Hall–Kier alpha value is -1.75. The van der Waals surface area contributed by atoms with Crippen LogP contribution in [-0.4, -0.2) is 11.0 Å². The number of hydrogen-bond donors (Lipinski definition) is 0. The van der Waals surface area contributed by atoms with Gasteiger partial charge in [-0.25, -0.2) is 0 Å². The smallest absolute Gasteiger partial charge is 0.308 e. The molecule has 0 spiro atoms. The molecule has 0 radical (unpaired) electrons. The number of esters is 1. The Balaban J connectivity index is 2.14. The molecule has 0 saturated carbocycles. The van der Waals surface area contributed by atoms with Crippen LogP contribution >= 0.6 is 35.0 Å². The third-order valence-electron chi connectivity index (χ3n) is 3.75. The van der Waals surface area contributed by atoms with Crippen LogP contribution in [0.15, 0.2) is 46.2 Å². The third kappa shape index (κ3) is 3.92. The summed E-state index contributed by atoms with van der Waals surface area (Å²) in [6, 6.07) is 11.2. The van der Waals surface area contributed by atoms with E-state index in [9.17, 15) is 4.79 Å². The lowest BCUT2D eigenvalue weighted by Crippen LogP contribution is -2.05. The van der Waals surface area contributed by atoms with Crippen molar-refractivity contribution in [3.05, 3.63) is 57.7 Å². The summed E-state index contributed by atoms with van der Waals surface area (Å²) in [5.41, 5.74) is 2.34. The van der Waals surface area contributed by atoms with Crippen LogP contribution in [0.5, 0.6) is 5.75 Å². The average molecular weight is 392 g/mol. The van der Waals surface area contributed by atoms with Gasteiger partial charge in [-0.3, -0.25) is 9.78 Å². The Bertz CT molecular complexity index is 972. The van der Waals surface area contributed by atoms with Crippen LogP contribution in [-0.2, 0) is 4.79 Å². The SMILES string of the molecule is CC(=O)Oc1c(C)c(C)nc2cc(Cl)c(Sc3ccc(Cl)cc3)cc12. The quantitative estimate of drug-likeness (QED) is 0.495. The highest BCUT2D eigenvalue weighted by molar-refractivity contribution is 7.99. The molecule has 25 heavy (non-hydrogen) atoms. The Kier molecular flexibility index (Phi) is 5.23. The highest BCUT2D eigenvalue weighted by Crippen LogP contribution is 2.39. The summed E-state index contributed by atoms with van der Waals surface area (Å²) in [5.74, 6) is 0.168. The van der Waals surface area contributed by atoms with Crippen LogP contribution in [0.25, 0.3) is 10.9 Å². The largest absolute Gasteiger partial charge is 0.426 e. The Morgan fingerprint density at radius 3 is 2.44 bits per heavy atom. The molecule has 3 rings (SSSR count). The molecule has 0 amide bonds. The van der Waals surface area contributed by atoms with Crippen LogP contribution in [0.4, 0.5) is 0 Å². The van der Waals surface area contributed by atoms with Gasteiger partial charge in [-0.2, -0.15) is 0 Å². The van der Waals surface area contributed by atoms with E-state index >= 15 is 0 Å². The lowest BCUT2D eigenvalue weighted by atomic mass is 10.1. The molecule has 0 aliphatic rings. The van der Waals surface area contributed by atoms with Crippen molar-refractivity contribution in [2.24, 2.45) is 0 Å². The number of carbonyl (C=O) groups excluding carboxylic acids is 1. The fourth-order valence-corrected chi connectivity index (χ4v) is 3.69. The van der Waals surface area contributed by atoms with Gasteiger partial charge in [0.1, 0.15) is 5.75 Å². The first-order valence-electron chi connectivity index (χ1n) is 7.57. The molecule has 1 heterocycles. The number of halogens is 2. The van der Waals surface area contributed by atoms with Crippen molar-refractivity contribution in [3.63, 3.8) is 0 Å². The van der Waals surface area contributed by atoms with E-state index in [1.807, 2.05) is 44.2 Å². The molecular formula is C19H15Cl2NO2S. The molecule has 1 aromatic heterocycles. The Morgan fingerprint density at radius 2 is 1.80 bits per heavy atom.